The Morgan fingerprint density at radius 2 is 1.63 bits per heavy atom. The zero-order valence-corrected chi connectivity index (χ0v) is 17.9. The van der Waals surface area contributed by atoms with Crippen LogP contribution in [0.1, 0.15) is 31.0 Å². The number of amides is 1. The minimum Gasteiger partial charge on any atom is -0.348 e. The predicted molar refractivity (Wildman–Crippen MR) is 111 cm³/mol. The zero-order chi connectivity index (χ0) is 20.4. The van der Waals surface area contributed by atoms with Crippen LogP contribution in [-0.2, 0) is 14.8 Å². The van der Waals surface area contributed by atoms with Crippen LogP contribution >= 0.6 is 23.2 Å². The van der Waals surface area contributed by atoms with Gasteiger partial charge >= 0.3 is 0 Å². The monoisotopic (exact) mass is 428 g/mol. The second-order valence-electron chi connectivity index (χ2n) is 6.47. The Labute approximate surface area is 170 Å². The van der Waals surface area contributed by atoms with E-state index in [1.54, 1.807) is 0 Å². The van der Waals surface area contributed by atoms with E-state index in [0.717, 1.165) is 21.7 Å². The van der Waals surface area contributed by atoms with Gasteiger partial charge in [-0.25, -0.2) is 8.42 Å². The number of nitrogens with one attached hydrogen (secondary N) is 1. The van der Waals surface area contributed by atoms with Gasteiger partial charge in [0, 0.05) is 0 Å². The summed E-state index contributed by atoms with van der Waals surface area (Å²) < 4.78 is 25.7. The van der Waals surface area contributed by atoms with Gasteiger partial charge in [0.2, 0.25) is 15.9 Å². The smallest absolute Gasteiger partial charge is 0.244 e. The second kappa shape index (κ2) is 8.50. The fraction of sp³-hybridized carbons (Fsp3) is 0.316. The van der Waals surface area contributed by atoms with Crippen LogP contribution in [0.5, 0.6) is 0 Å². The summed E-state index contributed by atoms with van der Waals surface area (Å²) in [6.45, 7) is 5.36. The van der Waals surface area contributed by atoms with Gasteiger partial charge in [0.05, 0.1) is 28.0 Å². The van der Waals surface area contributed by atoms with E-state index in [1.165, 1.54) is 25.1 Å². The van der Waals surface area contributed by atoms with E-state index in [9.17, 15) is 13.2 Å². The normalized spacial score (nSPS) is 13.7. The van der Waals surface area contributed by atoms with Crippen molar-refractivity contribution in [2.24, 2.45) is 0 Å². The Morgan fingerprint density at radius 3 is 2.15 bits per heavy atom. The summed E-state index contributed by atoms with van der Waals surface area (Å²) in [5.74, 6) is -0.417. The number of benzene rings is 2. The van der Waals surface area contributed by atoms with Crippen LogP contribution < -0.4 is 9.62 Å². The highest BCUT2D eigenvalue weighted by molar-refractivity contribution is 7.92. The number of sulfonamides is 1. The third kappa shape index (κ3) is 5.37. The van der Waals surface area contributed by atoms with Crippen molar-refractivity contribution < 1.29 is 13.2 Å². The number of carbonyl (C=O) groups excluding carboxylic acids is 1. The highest BCUT2D eigenvalue weighted by Gasteiger charge is 2.30. The lowest BCUT2D eigenvalue weighted by molar-refractivity contribution is -0.122. The van der Waals surface area contributed by atoms with Crippen molar-refractivity contribution in [1.29, 1.82) is 0 Å². The quantitative estimate of drug-likeness (QED) is 0.743. The highest BCUT2D eigenvalue weighted by Crippen LogP contribution is 2.29. The molecular weight excluding hydrogens is 407 g/mol. The van der Waals surface area contributed by atoms with Gasteiger partial charge in [-0.3, -0.25) is 9.10 Å². The standard InChI is InChI=1S/C19H22Cl2N2O3S/c1-12-5-7-15(8-6-12)13(2)22-19(24)14(3)23(27(4,25)26)16-9-10-17(20)18(21)11-16/h5-11,13-14H,1-4H3,(H,22,24)/t13-,14-/m0/s1. The molecule has 0 fully saturated rings. The van der Waals surface area contributed by atoms with Crippen molar-refractivity contribution in [3.05, 3.63) is 63.6 Å². The Balaban J connectivity index is 2.26. The molecule has 0 radical (unpaired) electrons. The molecule has 0 unspecified atom stereocenters. The minimum absolute atomic E-state index is 0.212. The van der Waals surface area contributed by atoms with Gasteiger partial charge in [-0.1, -0.05) is 53.0 Å². The molecule has 1 amide bonds. The molecule has 0 aliphatic carbocycles. The van der Waals surface area contributed by atoms with E-state index >= 15 is 0 Å². The van der Waals surface area contributed by atoms with Gasteiger partial charge < -0.3 is 5.32 Å². The van der Waals surface area contributed by atoms with Gasteiger partial charge in [0.25, 0.3) is 0 Å². The van der Waals surface area contributed by atoms with Gasteiger partial charge in [0.15, 0.2) is 0 Å². The molecule has 0 spiro atoms. The van der Waals surface area contributed by atoms with E-state index in [-0.39, 0.29) is 16.8 Å². The molecule has 0 saturated heterocycles. The molecule has 0 heterocycles. The molecule has 0 aliphatic heterocycles. The largest absolute Gasteiger partial charge is 0.348 e. The van der Waals surface area contributed by atoms with Crippen molar-refractivity contribution in [3.63, 3.8) is 0 Å². The number of carbonyl (C=O) groups is 1. The third-order valence-electron chi connectivity index (χ3n) is 4.18. The lowest BCUT2D eigenvalue weighted by atomic mass is 10.1. The summed E-state index contributed by atoms with van der Waals surface area (Å²) in [6.07, 6.45) is 1.04. The van der Waals surface area contributed by atoms with Gasteiger partial charge in [-0.2, -0.15) is 0 Å². The van der Waals surface area contributed by atoms with Crippen LogP contribution in [0.15, 0.2) is 42.5 Å². The number of hydrogen-bond donors (Lipinski definition) is 1. The molecular formula is C19H22Cl2N2O3S. The average molecular weight is 429 g/mol. The zero-order valence-electron chi connectivity index (χ0n) is 15.5. The number of rotatable bonds is 6. The maximum atomic E-state index is 12.7. The van der Waals surface area contributed by atoms with Crippen LogP contribution in [0.25, 0.3) is 0 Å². The SMILES string of the molecule is Cc1ccc([C@H](C)NC(=O)[C@H](C)N(c2ccc(Cl)c(Cl)c2)S(C)(=O)=O)cc1. The van der Waals surface area contributed by atoms with Gasteiger partial charge in [-0.15, -0.1) is 0 Å². The van der Waals surface area contributed by atoms with Crippen LogP contribution in [0, 0.1) is 6.92 Å². The van der Waals surface area contributed by atoms with Crippen molar-refractivity contribution in [2.75, 3.05) is 10.6 Å². The minimum atomic E-state index is -3.73. The van der Waals surface area contributed by atoms with E-state index < -0.39 is 22.0 Å². The van der Waals surface area contributed by atoms with Crippen LogP contribution in [0.3, 0.4) is 0 Å². The summed E-state index contributed by atoms with van der Waals surface area (Å²) in [6, 6.07) is 11.0. The Hall–Kier alpha value is -1.76. The first-order valence-corrected chi connectivity index (χ1v) is 10.9. The number of halogens is 2. The summed E-state index contributed by atoms with van der Waals surface area (Å²) in [5.41, 5.74) is 2.33. The Morgan fingerprint density at radius 1 is 1.04 bits per heavy atom. The highest BCUT2D eigenvalue weighted by atomic mass is 35.5. The molecule has 0 saturated carbocycles. The molecule has 1 N–H and O–H groups in total. The van der Waals surface area contributed by atoms with Crippen LogP contribution in [0.2, 0.25) is 10.0 Å². The van der Waals surface area contributed by atoms with Crippen molar-refractivity contribution in [1.82, 2.24) is 5.32 Å². The molecule has 0 aliphatic rings. The third-order valence-corrected chi connectivity index (χ3v) is 6.16. The molecule has 8 heteroatoms. The number of anilines is 1. The summed E-state index contributed by atoms with van der Waals surface area (Å²) in [4.78, 5) is 12.7. The van der Waals surface area contributed by atoms with Gasteiger partial charge in [0.1, 0.15) is 6.04 Å². The maximum Gasteiger partial charge on any atom is 0.244 e. The molecule has 0 bridgehead atoms. The van der Waals surface area contributed by atoms with E-state index in [1.807, 2.05) is 38.1 Å². The van der Waals surface area contributed by atoms with E-state index in [2.05, 4.69) is 5.32 Å². The number of hydrogen-bond acceptors (Lipinski definition) is 3. The van der Waals surface area contributed by atoms with E-state index in [4.69, 9.17) is 23.2 Å². The number of aryl methyl sites for hydroxylation is 1. The first-order valence-electron chi connectivity index (χ1n) is 8.32. The Kier molecular flexibility index (Phi) is 6.78. The molecule has 0 aromatic heterocycles. The first kappa shape index (κ1) is 21.5. The molecule has 2 atom stereocenters. The molecule has 2 aromatic carbocycles. The molecule has 5 nitrogen and oxygen atoms in total. The Bertz CT molecular complexity index is 930. The number of nitrogens with zero attached hydrogens (tertiary/aromatic N) is 1. The molecule has 146 valence electrons. The predicted octanol–water partition coefficient (Wildman–Crippen LogP) is 4.33. The fourth-order valence-corrected chi connectivity index (χ4v) is 4.16. The second-order valence-corrected chi connectivity index (χ2v) is 9.15. The summed E-state index contributed by atoms with van der Waals surface area (Å²) in [7, 11) is -3.73. The fourth-order valence-electron chi connectivity index (χ4n) is 2.70. The van der Waals surface area contributed by atoms with Gasteiger partial charge in [-0.05, 0) is 44.5 Å². The average Bonchev–Trinajstić information content (AvgIpc) is 2.57. The maximum absolute atomic E-state index is 12.7. The van der Waals surface area contributed by atoms with Crippen molar-refractivity contribution >= 4 is 44.8 Å². The first-order chi connectivity index (χ1) is 12.5. The van der Waals surface area contributed by atoms with Crippen molar-refractivity contribution in [2.45, 2.75) is 32.9 Å². The molecule has 2 aromatic rings. The molecule has 27 heavy (non-hydrogen) atoms. The lowest BCUT2D eigenvalue weighted by Gasteiger charge is -2.29. The summed E-state index contributed by atoms with van der Waals surface area (Å²) in [5, 5.41) is 3.38. The van der Waals surface area contributed by atoms with Crippen molar-refractivity contribution in [3.8, 4) is 0 Å². The van der Waals surface area contributed by atoms with E-state index in [0.29, 0.717) is 5.02 Å². The topological polar surface area (TPSA) is 66.5 Å². The lowest BCUT2D eigenvalue weighted by Crippen LogP contribution is -2.48. The van der Waals surface area contributed by atoms with Crippen LogP contribution in [0.4, 0.5) is 5.69 Å². The summed E-state index contributed by atoms with van der Waals surface area (Å²) >= 11 is 11.9. The van der Waals surface area contributed by atoms with Crippen LogP contribution in [-0.4, -0.2) is 26.6 Å². The molecule has 2 rings (SSSR count).